The molecule has 1 atom stereocenters. The van der Waals surface area contributed by atoms with Crippen molar-refractivity contribution in [1.29, 1.82) is 0 Å². The molecule has 1 aromatic heterocycles. The molecule has 262 valence electrons. The summed E-state index contributed by atoms with van der Waals surface area (Å²) in [7, 11) is 0. The summed E-state index contributed by atoms with van der Waals surface area (Å²) in [5.41, 5.74) is 18.5. The first-order valence-electron chi connectivity index (χ1n) is 19.4. The molecule has 0 radical (unpaired) electrons. The Hall–Kier alpha value is -5.80. The first-order chi connectivity index (χ1) is 26.1. The van der Waals surface area contributed by atoms with Gasteiger partial charge in [-0.1, -0.05) is 144 Å². The second-order valence-corrected chi connectivity index (χ2v) is 17.4. The molecule has 2 aliphatic heterocycles. The highest BCUT2D eigenvalue weighted by molar-refractivity contribution is 6.99. The standard InChI is InChI=1S/C51H45BN2/c1-50(2,3)34-24-28-44-39(30-34)40-31-35(51(4,5)6)25-29-45(40)54(44)37-26-27-42-41(32-37)48(33-16-9-7-10-17-33)38-20-15-23-47-49(38)52(42)43-21-13-14-22-46(43)53(47)36-18-11-8-12-19-36/h7-32,48H,1-6H3. The van der Waals surface area contributed by atoms with Crippen LogP contribution < -0.4 is 21.3 Å². The van der Waals surface area contributed by atoms with Crippen molar-refractivity contribution in [3.8, 4) is 5.69 Å². The van der Waals surface area contributed by atoms with Gasteiger partial charge < -0.3 is 9.47 Å². The Labute approximate surface area is 319 Å². The maximum absolute atomic E-state index is 2.52. The van der Waals surface area contributed by atoms with E-state index in [1.54, 1.807) is 0 Å². The average molecular weight is 697 g/mol. The van der Waals surface area contributed by atoms with Crippen LogP contribution in [0.5, 0.6) is 0 Å². The van der Waals surface area contributed by atoms with Crippen molar-refractivity contribution in [3.63, 3.8) is 0 Å². The third kappa shape index (κ3) is 4.94. The van der Waals surface area contributed by atoms with Gasteiger partial charge in [-0.25, -0.2) is 0 Å². The monoisotopic (exact) mass is 696 g/mol. The predicted octanol–water partition coefficient (Wildman–Crippen LogP) is 11.2. The molecule has 7 aromatic carbocycles. The third-order valence-corrected chi connectivity index (χ3v) is 12.0. The molecule has 1 unspecified atom stereocenters. The molecule has 0 N–H and O–H groups in total. The zero-order chi connectivity index (χ0) is 36.9. The average Bonchev–Trinajstić information content (AvgIpc) is 3.51. The summed E-state index contributed by atoms with van der Waals surface area (Å²) in [4.78, 5) is 2.47. The third-order valence-electron chi connectivity index (χ3n) is 12.0. The summed E-state index contributed by atoms with van der Waals surface area (Å²) < 4.78 is 2.52. The van der Waals surface area contributed by atoms with E-state index in [-0.39, 0.29) is 23.5 Å². The molecule has 0 fully saturated rings. The maximum Gasteiger partial charge on any atom is 0.247 e. The van der Waals surface area contributed by atoms with Gasteiger partial charge in [0.1, 0.15) is 0 Å². The molecule has 0 saturated carbocycles. The molecule has 3 heteroatoms. The Kier molecular flexibility index (Phi) is 7.21. The number of para-hydroxylation sites is 2. The Bertz CT molecular complexity index is 2670. The van der Waals surface area contributed by atoms with Crippen LogP contribution in [0.4, 0.5) is 17.1 Å². The fourth-order valence-corrected chi connectivity index (χ4v) is 9.35. The van der Waals surface area contributed by atoms with Crippen molar-refractivity contribution in [1.82, 2.24) is 4.57 Å². The van der Waals surface area contributed by atoms with Crippen LogP contribution >= 0.6 is 0 Å². The second-order valence-electron chi connectivity index (χ2n) is 17.4. The molecule has 2 aliphatic rings. The largest absolute Gasteiger partial charge is 0.312 e. The van der Waals surface area contributed by atoms with Crippen molar-refractivity contribution in [2.75, 3.05) is 4.90 Å². The van der Waals surface area contributed by atoms with E-state index in [0.717, 1.165) is 0 Å². The van der Waals surface area contributed by atoms with Gasteiger partial charge in [-0.05, 0) is 110 Å². The lowest BCUT2D eigenvalue weighted by molar-refractivity contribution is 0.590. The number of benzene rings is 7. The minimum atomic E-state index is 0.0532. The Balaban J connectivity index is 1.25. The van der Waals surface area contributed by atoms with Crippen molar-refractivity contribution in [2.45, 2.75) is 58.3 Å². The van der Waals surface area contributed by atoms with Crippen LogP contribution in [0.2, 0.25) is 0 Å². The summed E-state index contributed by atoms with van der Waals surface area (Å²) in [5, 5.41) is 2.64. The van der Waals surface area contributed by atoms with Crippen LogP contribution in [0.3, 0.4) is 0 Å². The minimum absolute atomic E-state index is 0.0532. The van der Waals surface area contributed by atoms with Gasteiger partial charge in [0, 0.05) is 39.4 Å². The van der Waals surface area contributed by atoms with E-state index in [0.29, 0.717) is 0 Å². The van der Waals surface area contributed by atoms with E-state index in [1.165, 1.54) is 88.8 Å². The maximum atomic E-state index is 2.52. The predicted molar refractivity (Wildman–Crippen MR) is 231 cm³/mol. The summed E-state index contributed by atoms with van der Waals surface area (Å²) in [6, 6.07) is 59.7. The van der Waals surface area contributed by atoms with Crippen LogP contribution in [0.25, 0.3) is 27.5 Å². The number of fused-ring (bicyclic) bond motifs is 7. The summed E-state index contributed by atoms with van der Waals surface area (Å²) in [6.07, 6.45) is 0. The summed E-state index contributed by atoms with van der Waals surface area (Å²) in [5.74, 6) is 0.0864. The van der Waals surface area contributed by atoms with Gasteiger partial charge in [0.05, 0.1) is 11.0 Å². The molecule has 54 heavy (non-hydrogen) atoms. The van der Waals surface area contributed by atoms with Gasteiger partial charge in [0.25, 0.3) is 0 Å². The number of nitrogens with zero attached hydrogens (tertiary/aromatic N) is 2. The van der Waals surface area contributed by atoms with Gasteiger partial charge in [0.15, 0.2) is 0 Å². The summed E-state index contributed by atoms with van der Waals surface area (Å²) >= 11 is 0. The second kappa shape index (κ2) is 11.9. The Morgan fingerprint density at radius 1 is 0.463 bits per heavy atom. The van der Waals surface area contributed by atoms with Crippen molar-refractivity contribution in [3.05, 3.63) is 186 Å². The molecular weight excluding hydrogens is 651 g/mol. The van der Waals surface area contributed by atoms with Crippen molar-refractivity contribution >= 4 is 62.0 Å². The molecule has 0 aliphatic carbocycles. The Morgan fingerprint density at radius 3 is 1.70 bits per heavy atom. The highest BCUT2D eigenvalue weighted by Crippen LogP contribution is 2.43. The van der Waals surface area contributed by atoms with E-state index in [2.05, 4.69) is 209 Å². The van der Waals surface area contributed by atoms with Gasteiger partial charge in [-0.15, -0.1) is 0 Å². The van der Waals surface area contributed by atoms with Crippen molar-refractivity contribution in [2.24, 2.45) is 0 Å². The smallest absolute Gasteiger partial charge is 0.247 e. The quantitative estimate of drug-likeness (QED) is 0.167. The van der Waals surface area contributed by atoms with E-state index in [1.807, 2.05) is 0 Å². The molecule has 0 amide bonds. The van der Waals surface area contributed by atoms with E-state index in [4.69, 9.17) is 0 Å². The van der Waals surface area contributed by atoms with Crippen LogP contribution in [0.15, 0.2) is 158 Å². The van der Waals surface area contributed by atoms with E-state index < -0.39 is 0 Å². The molecule has 0 spiro atoms. The lowest BCUT2D eigenvalue weighted by atomic mass is 9.31. The van der Waals surface area contributed by atoms with Crippen molar-refractivity contribution < 1.29 is 0 Å². The Morgan fingerprint density at radius 2 is 1.06 bits per heavy atom. The van der Waals surface area contributed by atoms with Crippen LogP contribution in [-0.2, 0) is 10.8 Å². The molecule has 3 heterocycles. The molecule has 0 bridgehead atoms. The van der Waals surface area contributed by atoms with Gasteiger partial charge in [-0.2, -0.15) is 0 Å². The first kappa shape index (κ1) is 32.8. The zero-order valence-corrected chi connectivity index (χ0v) is 32.1. The number of rotatable bonds is 3. The van der Waals surface area contributed by atoms with Crippen LogP contribution in [0, 0.1) is 0 Å². The lowest BCUT2D eigenvalue weighted by Crippen LogP contribution is -2.61. The molecule has 0 saturated heterocycles. The SMILES string of the molecule is CC(C)(C)c1ccc2c(c1)c1cc(C(C)(C)C)ccc1n2-c1ccc2c(c1)C(c1ccccc1)c1cccc3c1B2c1ccccc1N3c1ccccc1. The molecule has 8 aromatic rings. The normalized spacial score (nSPS) is 15.0. The topological polar surface area (TPSA) is 8.17 Å². The number of hydrogen-bond acceptors (Lipinski definition) is 1. The van der Waals surface area contributed by atoms with Gasteiger partial charge in [-0.3, -0.25) is 0 Å². The fourth-order valence-electron chi connectivity index (χ4n) is 9.35. The number of hydrogen-bond donors (Lipinski definition) is 0. The van der Waals surface area contributed by atoms with Gasteiger partial charge >= 0.3 is 0 Å². The van der Waals surface area contributed by atoms with Gasteiger partial charge in [0.2, 0.25) is 6.71 Å². The lowest BCUT2D eigenvalue weighted by Gasteiger charge is -2.42. The zero-order valence-electron chi connectivity index (χ0n) is 32.1. The molecule has 2 nitrogen and oxygen atoms in total. The van der Waals surface area contributed by atoms with E-state index in [9.17, 15) is 0 Å². The highest BCUT2D eigenvalue weighted by atomic mass is 15.1. The number of anilines is 3. The summed E-state index contributed by atoms with van der Waals surface area (Å²) in [6.45, 7) is 14.0. The molecule has 10 rings (SSSR count). The highest BCUT2D eigenvalue weighted by Gasteiger charge is 2.43. The number of aromatic nitrogens is 1. The fraction of sp³-hybridized carbons (Fsp3) is 0.176. The molecular formula is C51H45BN2. The van der Waals surface area contributed by atoms with Crippen LogP contribution in [0.1, 0.15) is 75.3 Å². The van der Waals surface area contributed by atoms with E-state index >= 15 is 0 Å². The van der Waals surface area contributed by atoms with Crippen LogP contribution in [-0.4, -0.2) is 11.3 Å². The first-order valence-corrected chi connectivity index (χ1v) is 19.4. The minimum Gasteiger partial charge on any atom is -0.312 e.